The number of para-hydroxylation sites is 2. The molecule has 1 heterocycles. The first-order valence-electron chi connectivity index (χ1n) is 9.63. The zero-order chi connectivity index (χ0) is 22.2. The fourth-order valence-corrected chi connectivity index (χ4v) is 4.48. The number of nitrogens with one attached hydrogen (secondary N) is 1. The monoisotopic (exact) mass is 434 g/mol. The molecule has 0 radical (unpaired) electrons. The number of phenolic OH excluding ortho intramolecular Hbond substituents is 1. The average molecular weight is 435 g/mol. The van der Waals surface area contributed by atoms with Gasteiger partial charge in [-0.25, -0.2) is 12.7 Å². The molecule has 1 aromatic heterocycles. The van der Waals surface area contributed by atoms with Gasteiger partial charge in [0.25, 0.3) is 0 Å². The Hall–Kier alpha value is -3.49. The van der Waals surface area contributed by atoms with E-state index in [-0.39, 0.29) is 10.6 Å². The van der Waals surface area contributed by atoms with Crippen LogP contribution in [0.15, 0.2) is 71.6 Å². The Balaban J connectivity index is 1.87. The Morgan fingerprint density at radius 1 is 0.903 bits per heavy atom. The molecular formula is C23H22N4O3S. The van der Waals surface area contributed by atoms with Crippen LogP contribution in [0.25, 0.3) is 22.0 Å². The van der Waals surface area contributed by atoms with E-state index < -0.39 is 10.0 Å². The SMILES string of the molecule is Cc1ccc(-c2nnc(Nc3ccccc3O)c3ccccc23)cc1S(=O)(=O)N(C)C. The van der Waals surface area contributed by atoms with E-state index >= 15 is 0 Å². The van der Waals surface area contributed by atoms with Crippen LogP contribution < -0.4 is 5.32 Å². The van der Waals surface area contributed by atoms with Gasteiger partial charge in [0, 0.05) is 30.4 Å². The summed E-state index contributed by atoms with van der Waals surface area (Å²) in [7, 11) is -0.580. The number of rotatable bonds is 5. The Bertz CT molecular complexity index is 1380. The number of aromatic nitrogens is 2. The average Bonchev–Trinajstić information content (AvgIpc) is 2.76. The summed E-state index contributed by atoms with van der Waals surface area (Å²) < 4.78 is 26.7. The highest BCUT2D eigenvalue weighted by Crippen LogP contribution is 2.34. The third kappa shape index (κ3) is 3.83. The Kier molecular flexibility index (Phi) is 5.34. The van der Waals surface area contributed by atoms with E-state index in [0.29, 0.717) is 28.3 Å². The van der Waals surface area contributed by atoms with Crippen molar-refractivity contribution in [1.29, 1.82) is 0 Å². The van der Waals surface area contributed by atoms with Crippen LogP contribution in [0.2, 0.25) is 0 Å². The summed E-state index contributed by atoms with van der Waals surface area (Å²) in [6, 6.07) is 19.7. The van der Waals surface area contributed by atoms with Crippen molar-refractivity contribution in [3.05, 3.63) is 72.3 Å². The molecule has 0 aliphatic carbocycles. The third-order valence-electron chi connectivity index (χ3n) is 5.06. The molecule has 0 bridgehead atoms. The van der Waals surface area contributed by atoms with Gasteiger partial charge in [0.15, 0.2) is 5.82 Å². The van der Waals surface area contributed by atoms with E-state index in [9.17, 15) is 13.5 Å². The molecule has 4 aromatic rings. The van der Waals surface area contributed by atoms with Crippen molar-refractivity contribution in [1.82, 2.24) is 14.5 Å². The maximum Gasteiger partial charge on any atom is 0.242 e. The van der Waals surface area contributed by atoms with E-state index in [1.54, 1.807) is 37.3 Å². The molecule has 0 saturated heterocycles. The van der Waals surface area contributed by atoms with E-state index in [0.717, 1.165) is 10.8 Å². The first kappa shape index (κ1) is 20.8. The van der Waals surface area contributed by atoms with Gasteiger partial charge in [-0.05, 0) is 30.7 Å². The van der Waals surface area contributed by atoms with Crippen LogP contribution in [0, 0.1) is 6.92 Å². The first-order valence-corrected chi connectivity index (χ1v) is 11.1. The summed E-state index contributed by atoms with van der Waals surface area (Å²) >= 11 is 0. The van der Waals surface area contributed by atoms with Gasteiger partial charge in [0.05, 0.1) is 10.6 Å². The van der Waals surface area contributed by atoms with Crippen LogP contribution in [0.4, 0.5) is 11.5 Å². The Morgan fingerprint density at radius 3 is 2.29 bits per heavy atom. The smallest absolute Gasteiger partial charge is 0.242 e. The number of nitrogens with zero attached hydrogens (tertiary/aromatic N) is 3. The Labute approximate surface area is 181 Å². The summed E-state index contributed by atoms with van der Waals surface area (Å²) in [5, 5.41) is 23.6. The van der Waals surface area contributed by atoms with Crippen LogP contribution in [0.5, 0.6) is 5.75 Å². The van der Waals surface area contributed by atoms with Crippen LogP contribution in [-0.2, 0) is 10.0 Å². The second-order valence-corrected chi connectivity index (χ2v) is 9.47. The third-order valence-corrected chi connectivity index (χ3v) is 7.02. The molecule has 158 valence electrons. The van der Waals surface area contributed by atoms with Gasteiger partial charge in [-0.2, -0.15) is 0 Å². The molecule has 3 aromatic carbocycles. The van der Waals surface area contributed by atoms with Crippen molar-refractivity contribution in [2.75, 3.05) is 19.4 Å². The second-order valence-electron chi connectivity index (χ2n) is 7.35. The normalized spacial score (nSPS) is 11.7. The summed E-state index contributed by atoms with van der Waals surface area (Å²) in [6.45, 7) is 1.77. The summed E-state index contributed by atoms with van der Waals surface area (Å²) in [6.07, 6.45) is 0. The lowest BCUT2D eigenvalue weighted by Gasteiger charge is -2.16. The second kappa shape index (κ2) is 7.98. The van der Waals surface area contributed by atoms with Crippen LogP contribution >= 0.6 is 0 Å². The van der Waals surface area contributed by atoms with Crippen molar-refractivity contribution in [3.8, 4) is 17.0 Å². The molecule has 0 saturated carbocycles. The van der Waals surface area contributed by atoms with Crippen LogP contribution in [0.3, 0.4) is 0 Å². The lowest BCUT2D eigenvalue weighted by atomic mass is 10.0. The van der Waals surface area contributed by atoms with E-state index in [4.69, 9.17) is 0 Å². The van der Waals surface area contributed by atoms with Crippen LogP contribution in [0.1, 0.15) is 5.56 Å². The topological polar surface area (TPSA) is 95.4 Å². The van der Waals surface area contributed by atoms with Crippen LogP contribution in [-0.4, -0.2) is 42.1 Å². The minimum absolute atomic E-state index is 0.106. The van der Waals surface area contributed by atoms with Gasteiger partial charge >= 0.3 is 0 Å². The minimum Gasteiger partial charge on any atom is -0.506 e. The molecule has 0 amide bonds. The number of anilines is 2. The number of aryl methyl sites for hydroxylation is 1. The highest BCUT2D eigenvalue weighted by Gasteiger charge is 2.21. The van der Waals surface area contributed by atoms with Gasteiger partial charge in [0.2, 0.25) is 10.0 Å². The van der Waals surface area contributed by atoms with Crippen molar-refractivity contribution >= 4 is 32.3 Å². The molecule has 2 N–H and O–H groups in total. The predicted octanol–water partition coefficient (Wildman–Crippen LogP) is 4.30. The van der Waals surface area contributed by atoms with E-state index in [2.05, 4.69) is 15.5 Å². The van der Waals surface area contributed by atoms with E-state index in [1.165, 1.54) is 18.4 Å². The fraction of sp³-hybridized carbons (Fsp3) is 0.130. The van der Waals surface area contributed by atoms with Gasteiger partial charge in [-0.1, -0.05) is 48.5 Å². The molecule has 0 spiro atoms. The molecule has 8 heteroatoms. The number of fused-ring (bicyclic) bond motifs is 1. The number of sulfonamides is 1. The maximum absolute atomic E-state index is 12.7. The quantitative estimate of drug-likeness (QED) is 0.455. The summed E-state index contributed by atoms with van der Waals surface area (Å²) in [5.41, 5.74) is 2.41. The number of aromatic hydroxyl groups is 1. The summed E-state index contributed by atoms with van der Waals surface area (Å²) in [5.74, 6) is 0.601. The zero-order valence-electron chi connectivity index (χ0n) is 17.4. The van der Waals surface area contributed by atoms with Gasteiger partial charge in [-0.15, -0.1) is 10.2 Å². The van der Waals surface area contributed by atoms with Gasteiger partial charge in [-0.3, -0.25) is 0 Å². The maximum atomic E-state index is 12.7. The molecule has 0 aliphatic heterocycles. The number of benzene rings is 3. The number of hydrogen-bond donors (Lipinski definition) is 2. The largest absolute Gasteiger partial charge is 0.506 e. The minimum atomic E-state index is -3.60. The Morgan fingerprint density at radius 2 is 1.58 bits per heavy atom. The molecule has 0 fully saturated rings. The standard InChI is InChI=1S/C23H22N4O3S/c1-15-12-13-16(14-21(15)31(29,30)27(2)3)22-17-8-4-5-9-18(17)23(26-25-22)24-19-10-6-7-11-20(19)28/h4-14,28H,1-3H3,(H,24,26). The first-order chi connectivity index (χ1) is 14.8. The molecule has 0 aliphatic rings. The molecule has 7 nitrogen and oxygen atoms in total. The van der Waals surface area contributed by atoms with Gasteiger partial charge in [0.1, 0.15) is 11.4 Å². The van der Waals surface area contributed by atoms with E-state index in [1.807, 2.05) is 36.4 Å². The van der Waals surface area contributed by atoms with Crippen molar-refractivity contribution < 1.29 is 13.5 Å². The van der Waals surface area contributed by atoms with Crippen molar-refractivity contribution in [2.45, 2.75) is 11.8 Å². The molecule has 0 atom stereocenters. The summed E-state index contributed by atoms with van der Waals surface area (Å²) in [4.78, 5) is 0.234. The zero-order valence-corrected chi connectivity index (χ0v) is 18.2. The predicted molar refractivity (Wildman–Crippen MR) is 122 cm³/mol. The molecule has 0 unspecified atom stereocenters. The number of phenols is 1. The lowest BCUT2D eigenvalue weighted by molar-refractivity contribution is 0.477. The molecule has 31 heavy (non-hydrogen) atoms. The highest BCUT2D eigenvalue weighted by molar-refractivity contribution is 7.89. The van der Waals surface area contributed by atoms with Crippen molar-refractivity contribution in [3.63, 3.8) is 0 Å². The number of hydrogen-bond acceptors (Lipinski definition) is 6. The lowest BCUT2D eigenvalue weighted by Crippen LogP contribution is -2.23. The fourth-order valence-electron chi connectivity index (χ4n) is 3.34. The van der Waals surface area contributed by atoms with Crippen molar-refractivity contribution in [2.24, 2.45) is 0 Å². The van der Waals surface area contributed by atoms with Gasteiger partial charge < -0.3 is 10.4 Å². The molecular weight excluding hydrogens is 412 g/mol. The highest BCUT2D eigenvalue weighted by atomic mass is 32.2. The molecule has 4 rings (SSSR count).